The molecule has 0 N–H and O–H groups in total. The summed E-state index contributed by atoms with van der Waals surface area (Å²) in [4.78, 5) is 10.5. The summed E-state index contributed by atoms with van der Waals surface area (Å²) in [6, 6.07) is 0. The molecule has 0 aromatic heterocycles. The van der Waals surface area contributed by atoms with Gasteiger partial charge in [0.1, 0.15) is 0 Å². The Morgan fingerprint density at radius 3 is 2.80 bits per heavy atom. The van der Waals surface area contributed by atoms with Gasteiger partial charge in [0.25, 0.3) is 0 Å². The number of hydrogen-bond donors (Lipinski definition) is 1. The second kappa shape index (κ2) is 3.86. The second-order valence-corrected chi connectivity index (χ2v) is 2.93. The third-order valence-electron chi connectivity index (χ3n) is 1.62. The minimum atomic E-state index is -0.205. The zero-order chi connectivity index (χ0) is 7.40. The van der Waals surface area contributed by atoms with Gasteiger partial charge < -0.3 is 4.74 Å². The summed E-state index contributed by atoms with van der Waals surface area (Å²) >= 11 is 3.78. The predicted molar refractivity (Wildman–Crippen MR) is 42.2 cm³/mol. The van der Waals surface area contributed by atoms with Gasteiger partial charge in [0.2, 0.25) is 0 Å². The molecular weight excluding hydrogens is 148 g/mol. The van der Waals surface area contributed by atoms with Gasteiger partial charge in [0.05, 0.1) is 12.4 Å². The van der Waals surface area contributed by atoms with Crippen molar-refractivity contribution < 1.29 is 9.53 Å². The maximum absolute atomic E-state index is 10.5. The van der Waals surface area contributed by atoms with E-state index in [9.17, 15) is 4.79 Å². The quantitative estimate of drug-likeness (QED) is 0.495. The van der Waals surface area contributed by atoms with Crippen molar-refractivity contribution in [2.75, 3.05) is 12.4 Å². The normalized spacial score (nSPS) is 16.9. The Morgan fingerprint density at radius 1 is 1.60 bits per heavy atom. The lowest BCUT2D eigenvalue weighted by Gasteiger charge is -1.99. The van der Waals surface area contributed by atoms with Crippen molar-refractivity contribution in [2.45, 2.75) is 19.3 Å². The van der Waals surface area contributed by atoms with E-state index in [1.807, 2.05) is 0 Å². The standard InChI is InChI=1S/C7H12O2S/c8-7(5-10)9-4-3-6-1-2-6/h6,10H,1-5H2. The highest BCUT2D eigenvalue weighted by atomic mass is 32.1. The fourth-order valence-corrected chi connectivity index (χ4v) is 0.883. The molecular formula is C7H12O2S. The van der Waals surface area contributed by atoms with E-state index in [0.29, 0.717) is 6.61 Å². The van der Waals surface area contributed by atoms with E-state index in [4.69, 9.17) is 4.74 Å². The predicted octanol–water partition coefficient (Wildman–Crippen LogP) is 1.26. The van der Waals surface area contributed by atoms with Crippen LogP contribution in [0.2, 0.25) is 0 Å². The van der Waals surface area contributed by atoms with Gasteiger partial charge in [0, 0.05) is 0 Å². The second-order valence-electron chi connectivity index (χ2n) is 2.61. The largest absolute Gasteiger partial charge is 0.465 e. The van der Waals surface area contributed by atoms with Crippen LogP contribution in [0.25, 0.3) is 0 Å². The molecule has 0 heterocycles. The average Bonchev–Trinajstić information content (AvgIpc) is 2.71. The summed E-state index contributed by atoms with van der Waals surface area (Å²) in [5.74, 6) is 0.835. The number of esters is 1. The van der Waals surface area contributed by atoms with Crippen molar-refractivity contribution >= 4 is 18.6 Å². The zero-order valence-electron chi connectivity index (χ0n) is 5.88. The number of carbonyl (C=O) groups excluding carboxylic acids is 1. The summed E-state index contributed by atoms with van der Waals surface area (Å²) in [7, 11) is 0. The minimum absolute atomic E-state index is 0.199. The lowest BCUT2D eigenvalue weighted by atomic mass is 10.3. The third-order valence-corrected chi connectivity index (χ3v) is 1.87. The van der Waals surface area contributed by atoms with E-state index in [1.165, 1.54) is 12.8 Å². The van der Waals surface area contributed by atoms with Crippen LogP contribution in [-0.4, -0.2) is 18.3 Å². The molecule has 0 radical (unpaired) electrons. The van der Waals surface area contributed by atoms with Crippen molar-refractivity contribution in [1.82, 2.24) is 0 Å². The molecule has 0 amide bonds. The van der Waals surface area contributed by atoms with Gasteiger partial charge in [-0.15, -0.1) is 0 Å². The molecule has 1 aliphatic rings. The van der Waals surface area contributed by atoms with E-state index in [2.05, 4.69) is 12.6 Å². The molecule has 0 aliphatic heterocycles. The van der Waals surface area contributed by atoms with Gasteiger partial charge >= 0.3 is 5.97 Å². The van der Waals surface area contributed by atoms with Crippen LogP contribution in [0.3, 0.4) is 0 Å². The topological polar surface area (TPSA) is 26.3 Å². The van der Waals surface area contributed by atoms with Crippen LogP contribution >= 0.6 is 12.6 Å². The van der Waals surface area contributed by atoms with Crippen LogP contribution in [0.5, 0.6) is 0 Å². The molecule has 0 unspecified atom stereocenters. The smallest absolute Gasteiger partial charge is 0.315 e. The molecule has 0 bridgehead atoms. The van der Waals surface area contributed by atoms with E-state index in [0.717, 1.165) is 12.3 Å². The van der Waals surface area contributed by atoms with Crippen LogP contribution in [0.1, 0.15) is 19.3 Å². The van der Waals surface area contributed by atoms with E-state index in [-0.39, 0.29) is 11.7 Å². The molecule has 10 heavy (non-hydrogen) atoms. The van der Waals surface area contributed by atoms with Crippen molar-refractivity contribution in [3.63, 3.8) is 0 Å². The van der Waals surface area contributed by atoms with Gasteiger partial charge in [-0.2, -0.15) is 12.6 Å². The maximum Gasteiger partial charge on any atom is 0.315 e. The number of thiol groups is 1. The number of ether oxygens (including phenoxy) is 1. The number of carbonyl (C=O) groups is 1. The van der Waals surface area contributed by atoms with Crippen molar-refractivity contribution in [1.29, 1.82) is 0 Å². The summed E-state index contributed by atoms with van der Waals surface area (Å²) in [5.41, 5.74) is 0. The van der Waals surface area contributed by atoms with Gasteiger partial charge in [-0.1, -0.05) is 12.8 Å². The lowest BCUT2D eigenvalue weighted by molar-refractivity contribution is -0.140. The Balaban J connectivity index is 1.88. The molecule has 0 saturated heterocycles. The van der Waals surface area contributed by atoms with Gasteiger partial charge in [0.15, 0.2) is 0 Å². The molecule has 0 aromatic rings. The third kappa shape index (κ3) is 3.11. The highest BCUT2D eigenvalue weighted by Crippen LogP contribution is 2.31. The van der Waals surface area contributed by atoms with Crippen LogP contribution in [0.4, 0.5) is 0 Å². The molecule has 1 rings (SSSR count). The van der Waals surface area contributed by atoms with E-state index >= 15 is 0 Å². The van der Waals surface area contributed by atoms with Gasteiger partial charge in [-0.3, -0.25) is 4.79 Å². The van der Waals surface area contributed by atoms with Gasteiger partial charge in [-0.05, 0) is 12.3 Å². The fraction of sp³-hybridized carbons (Fsp3) is 0.857. The Labute approximate surface area is 66.4 Å². The highest BCUT2D eigenvalue weighted by molar-refractivity contribution is 7.81. The summed E-state index contributed by atoms with van der Waals surface area (Å²) in [5, 5.41) is 0. The van der Waals surface area contributed by atoms with Crippen molar-refractivity contribution in [3.8, 4) is 0 Å². The summed E-state index contributed by atoms with van der Waals surface area (Å²) in [6.07, 6.45) is 3.68. The first-order valence-electron chi connectivity index (χ1n) is 3.59. The van der Waals surface area contributed by atoms with Crippen LogP contribution in [0.15, 0.2) is 0 Å². The number of hydrogen-bond acceptors (Lipinski definition) is 3. The Hall–Kier alpha value is -0.180. The zero-order valence-corrected chi connectivity index (χ0v) is 6.77. The van der Waals surface area contributed by atoms with Crippen LogP contribution < -0.4 is 0 Å². The van der Waals surface area contributed by atoms with Crippen molar-refractivity contribution in [2.24, 2.45) is 5.92 Å². The van der Waals surface area contributed by atoms with E-state index < -0.39 is 0 Å². The number of rotatable bonds is 4. The molecule has 2 nitrogen and oxygen atoms in total. The Kier molecular flexibility index (Phi) is 3.06. The molecule has 1 saturated carbocycles. The molecule has 0 spiro atoms. The van der Waals surface area contributed by atoms with Crippen molar-refractivity contribution in [3.05, 3.63) is 0 Å². The molecule has 3 heteroatoms. The van der Waals surface area contributed by atoms with Gasteiger partial charge in [-0.25, -0.2) is 0 Å². The molecule has 1 fully saturated rings. The molecule has 1 aliphatic carbocycles. The average molecular weight is 160 g/mol. The first-order chi connectivity index (χ1) is 4.83. The monoisotopic (exact) mass is 160 g/mol. The first kappa shape index (κ1) is 7.92. The summed E-state index contributed by atoms with van der Waals surface area (Å²) < 4.78 is 4.83. The maximum atomic E-state index is 10.5. The molecule has 58 valence electrons. The first-order valence-corrected chi connectivity index (χ1v) is 4.22. The van der Waals surface area contributed by atoms with Crippen LogP contribution in [0, 0.1) is 5.92 Å². The summed E-state index contributed by atoms with van der Waals surface area (Å²) in [6.45, 7) is 0.587. The molecule has 0 aromatic carbocycles. The lowest BCUT2D eigenvalue weighted by Crippen LogP contribution is -2.07. The SMILES string of the molecule is O=C(CS)OCCC1CC1. The molecule has 0 atom stereocenters. The fourth-order valence-electron chi connectivity index (χ4n) is 0.792. The Morgan fingerprint density at radius 2 is 2.30 bits per heavy atom. The van der Waals surface area contributed by atoms with E-state index in [1.54, 1.807) is 0 Å². The minimum Gasteiger partial charge on any atom is -0.465 e. The Bertz CT molecular complexity index is 121. The van der Waals surface area contributed by atoms with Crippen LogP contribution in [-0.2, 0) is 9.53 Å². The highest BCUT2D eigenvalue weighted by Gasteiger charge is 2.20.